The average molecular weight is 384 g/mol. The zero-order valence-electron chi connectivity index (χ0n) is 14.8. The topological polar surface area (TPSA) is 172 Å². The number of nitrogens with one attached hydrogen (secondary N) is 3. The van der Waals surface area contributed by atoms with Crippen LogP contribution in [0.1, 0.15) is 20.3 Å². The number of hydrogen-bond acceptors (Lipinski definition) is 8. The molecule has 11 nitrogen and oxygen atoms in total. The van der Waals surface area contributed by atoms with Gasteiger partial charge in [-0.05, 0) is 5.92 Å². The molecular weight excluding hydrogens is 356 g/mol. The molecular formula is C13H28N4O7S. The van der Waals surface area contributed by atoms with Crippen molar-refractivity contribution in [1.82, 2.24) is 16.0 Å². The smallest absolute Gasteiger partial charge is 0.244 e. The Morgan fingerprint density at radius 2 is 1.88 bits per heavy atom. The predicted molar refractivity (Wildman–Crippen MR) is 92.2 cm³/mol. The van der Waals surface area contributed by atoms with Gasteiger partial charge in [-0.15, -0.1) is 4.33 Å². The van der Waals surface area contributed by atoms with Gasteiger partial charge in [0.05, 0.1) is 19.2 Å². The zero-order valence-corrected chi connectivity index (χ0v) is 15.6. The highest BCUT2D eigenvalue weighted by atomic mass is 32.3. The Morgan fingerprint density at radius 3 is 2.36 bits per heavy atom. The number of hydrogen-bond donors (Lipinski definition) is 6. The van der Waals surface area contributed by atoms with Crippen LogP contribution >= 0.6 is 10.9 Å². The van der Waals surface area contributed by atoms with Crippen LogP contribution in [0, 0.1) is 5.92 Å². The van der Waals surface area contributed by atoms with Crippen molar-refractivity contribution < 1.29 is 32.7 Å². The molecule has 0 radical (unpaired) electrons. The number of carbonyl (C=O) groups is 3. The third kappa shape index (κ3) is 9.00. The minimum Gasteiger partial charge on any atom is -0.357 e. The summed E-state index contributed by atoms with van der Waals surface area (Å²) < 4.78 is 18.1. The van der Waals surface area contributed by atoms with Gasteiger partial charge in [-0.2, -0.15) is 0 Å². The lowest BCUT2D eigenvalue weighted by atomic mass is 9.99. The lowest BCUT2D eigenvalue weighted by Crippen LogP contribution is -2.52. The highest BCUT2D eigenvalue weighted by Gasteiger charge is 2.25. The fraction of sp³-hybridized carbons (Fsp3) is 0.769. The molecule has 0 heterocycles. The Kier molecular flexibility index (Phi) is 10.6. The summed E-state index contributed by atoms with van der Waals surface area (Å²) in [5, 5.41) is 15.5. The second kappa shape index (κ2) is 11.2. The summed E-state index contributed by atoms with van der Waals surface area (Å²) in [6, 6.07) is -1.90. The molecule has 0 saturated heterocycles. The monoisotopic (exact) mass is 384 g/mol. The summed E-state index contributed by atoms with van der Waals surface area (Å²) >= 11 is 0. The third-order valence-corrected chi connectivity index (χ3v) is 4.32. The molecule has 0 aromatic carbocycles. The summed E-state index contributed by atoms with van der Waals surface area (Å²) in [6.07, 6.45) is 1.79. The Bertz CT molecular complexity index is 464. The Morgan fingerprint density at radius 1 is 1.28 bits per heavy atom. The molecule has 7 N–H and O–H groups in total. The molecule has 148 valence electrons. The normalized spacial score (nSPS) is 18.2. The van der Waals surface area contributed by atoms with Gasteiger partial charge in [0, 0.05) is 13.3 Å². The van der Waals surface area contributed by atoms with Crippen molar-refractivity contribution in [3.05, 3.63) is 0 Å². The van der Waals surface area contributed by atoms with Crippen molar-refractivity contribution in [1.29, 1.82) is 0 Å². The Labute approximate surface area is 148 Å². The van der Waals surface area contributed by atoms with E-state index in [-0.39, 0.29) is 12.5 Å². The van der Waals surface area contributed by atoms with E-state index in [1.165, 1.54) is 7.05 Å². The predicted octanol–water partition coefficient (Wildman–Crippen LogP) is -1.05. The molecule has 0 aliphatic heterocycles. The minimum atomic E-state index is -3.20. The molecule has 0 spiro atoms. The van der Waals surface area contributed by atoms with Gasteiger partial charge in [0.1, 0.15) is 16.9 Å². The first kappa shape index (κ1) is 23.6. The molecule has 12 heteroatoms. The van der Waals surface area contributed by atoms with Gasteiger partial charge in [-0.25, -0.2) is 5.26 Å². The summed E-state index contributed by atoms with van der Waals surface area (Å²) in [4.78, 5) is 35.5. The van der Waals surface area contributed by atoms with E-state index in [0.717, 1.165) is 6.26 Å². The molecule has 3 amide bonds. The van der Waals surface area contributed by atoms with Gasteiger partial charge < -0.3 is 26.2 Å². The lowest BCUT2D eigenvalue weighted by molar-refractivity contribution is -0.145. The second-order valence-electron chi connectivity index (χ2n) is 5.46. The largest absolute Gasteiger partial charge is 0.357 e. The molecule has 0 rings (SSSR count). The van der Waals surface area contributed by atoms with Gasteiger partial charge in [-0.1, -0.05) is 20.3 Å². The van der Waals surface area contributed by atoms with Crippen LogP contribution in [0.4, 0.5) is 0 Å². The van der Waals surface area contributed by atoms with Crippen LogP contribution in [-0.4, -0.2) is 66.1 Å². The molecule has 0 fully saturated rings. The minimum absolute atomic E-state index is 0.0428. The quantitative estimate of drug-likeness (QED) is 0.193. The standard InChI is InChI=1S/C13H28N4O7S/c1-5-8(2)11(14)13(20)16-6-10(18)17-9(12(19)15-3)7-23-25(4,22)24-21/h8-9,11,21-22H,5-7,14H2,1-4H3,(H,15,19)(H,16,20)(H,17,18)/t8-,9-,11-/m0/s1. The molecule has 4 atom stereocenters. The SMILES string of the molecule is CC[C@H](C)[C@H](N)C(=O)NCC(=O)N[C@@H](COS(C)(O)OO)C(=O)NC. The average Bonchev–Trinajstić information content (AvgIpc) is 2.60. The number of rotatable bonds is 11. The fourth-order valence-corrected chi connectivity index (χ4v) is 2.05. The molecule has 0 bridgehead atoms. The van der Waals surface area contributed by atoms with E-state index in [1.54, 1.807) is 0 Å². The Hall–Kier alpha value is -1.44. The van der Waals surface area contributed by atoms with E-state index in [4.69, 9.17) is 15.2 Å². The van der Waals surface area contributed by atoms with Crippen molar-refractivity contribution in [3.63, 3.8) is 0 Å². The fourth-order valence-electron chi connectivity index (χ4n) is 1.62. The summed E-state index contributed by atoms with van der Waals surface area (Å²) in [5.41, 5.74) is 5.75. The van der Waals surface area contributed by atoms with Gasteiger partial charge in [0.15, 0.2) is 0 Å². The van der Waals surface area contributed by atoms with Crippen molar-refractivity contribution in [3.8, 4) is 0 Å². The number of carbonyl (C=O) groups excluding carboxylic acids is 3. The van der Waals surface area contributed by atoms with Crippen LogP contribution in [0.5, 0.6) is 0 Å². The van der Waals surface area contributed by atoms with Gasteiger partial charge in [0.2, 0.25) is 17.7 Å². The highest BCUT2D eigenvalue weighted by molar-refractivity contribution is 8.20. The lowest BCUT2D eigenvalue weighted by Gasteiger charge is -2.26. The van der Waals surface area contributed by atoms with Crippen molar-refractivity contribution in [2.24, 2.45) is 11.7 Å². The first-order valence-corrected chi connectivity index (χ1v) is 9.45. The summed E-state index contributed by atoms with van der Waals surface area (Å²) in [7, 11) is -1.85. The maximum absolute atomic E-state index is 11.9. The molecule has 0 aromatic rings. The summed E-state index contributed by atoms with van der Waals surface area (Å²) in [6.45, 7) is 2.89. The number of nitrogens with two attached hydrogens (primary N) is 1. The van der Waals surface area contributed by atoms with E-state index in [2.05, 4.69) is 20.3 Å². The highest BCUT2D eigenvalue weighted by Crippen LogP contribution is 2.40. The van der Waals surface area contributed by atoms with Crippen LogP contribution < -0.4 is 21.7 Å². The molecule has 0 aromatic heterocycles. The molecule has 0 saturated carbocycles. The van der Waals surface area contributed by atoms with E-state index in [1.807, 2.05) is 13.8 Å². The van der Waals surface area contributed by atoms with Crippen LogP contribution in [0.2, 0.25) is 0 Å². The summed E-state index contributed by atoms with van der Waals surface area (Å²) in [5.74, 6) is -1.76. The number of likely N-dealkylation sites (N-methyl/N-ethyl adjacent to an activating group) is 1. The van der Waals surface area contributed by atoms with Gasteiger partial charge in [0.25, 0.3) is 0 Å². The van der Waals surface area contributed by atoms with Crippen LogP contribution in [0.25, 0.3) is 0 Å². The second-order valence-corrected chi connectivity index (χ2v) is 7.31. The van der Waals surface area contributed by atoms with Gasteiger partial charge >= 0.3 is 0 Å². The van der Waals surface area contributed by atoms with E-state index in [0.29, 0.717) is 6.42 Å². The van der Waals surface area contributed by atoms with Crippen molar-refractivity contribution in [2.45, 2.75) is 32.4 Å². The van der Waals surface area contributed by atoms with Crippen LogP contribution in [-0.2, 0) is 22.9 Å². The zero-order chi connectivity index (χ0) is 19.6. The molecule has 1 unspecified atom stereocenters. The first-order chi connectivity index (χ1) is 11.6. The van der Waals surface area contributed by atoms with E-state index >= 15 is 0 Å². The number of amides is 3. The maximum Gasteiger partial charge on any atom is 0.244 e. The van der Waals surface area contributed by atoms with Gasteiger partial charge in [-0.3, -0.25) is 18.6 Å². The Balaban J connectivity index is 4.57. The molecule has 0 aliphatic carbocycles. The molecule has 0 aliphatic rings. The van der Waals surface area contributed by atoms with Crippen LogP contribution in [0.15, 0.2) is 0 Å². The van der Waals surface area contributed by atoms with Crippen molar-refractivity contribution in [2.75, 3.05) is 26.5 Å². The van der Waals surface area contributed by atoms with Crippen molar-refractivity contribution >= 4 is 28.6 Å². The first-order valence-electron chi connectivity index (χ1n) is 7.60. The molecule has 25 heavy (non-hydrogen) atoms. The van der Waals surface area contributed by atoms with E-state index in [9.17, 15) is 18.9 Å². The maximum atomic E-state index is 11.9. The third-order valence-electron chi connectivity index (χ3n) is 3.47. The van der Waals surface area contributed by atoms with E-state index < -0.39 is 47.3 Å². The van der Waals surface area contributed by atoms with Crippen LogP contribution in [0.3, 0.4) is 0 Å².